The molecule has 5 heteroatoms. The van der Waals surface area contributed by atoms with Crippen molar-refractivity contribution in [3.8, 4) is 5.75 Å². The van der Waals surface area contributed by atoms with Gasteiger partial charge >= 0.3 is 0 Å². The summed E-state index contributed by atoms with van der Waals surface area (Å²) in [5.41, 5.74) is 0.583. The highest BCUT2D eigenvalue weighted by molar-refractivity contribution is 9.11. The number of ether oxygens (including phenoxy) is 1. The van der Waals surface area contributed by atoms with E-state index in [1.165, 1.54) is 0 Å². The maximum absolute atomic E-state index is 11.9. The maximum Gasteiger partial charge on any atom is 0.258 e. The summed E-state index contributed by atoms with van der Waals surface area (Å²) in [4.78, 5) is 12.8. The molecule has 1 aromatic heterocycles. The molecule has 0 bridgehead atoms. The second kappa shape index (κ2) is 4.16. The lowest BCUT2D eigenvalue weighted by atomic mass is 10.1. The summed E-state index contributed by atoms with van der Waals surface area (Å²) in [5.74, 6) is 0.534. The van der Waals surface area contributed by atoms with Crippen molar-refractivity contribution in [3.05, 3.63) is 50.6 Å². The molecule has 1 amide bonds. The van der Waals surface area contributed by atoms with Crippen molar-refractivity contribution in [2.45, 2.75) is 6.23 Å². The van der Waals surface area contributed by atoms with Crippen molar-refractivity contribution in [1.82, 2.24) is 5.32 Å². The molecule has 0 saturated heterocycles. The average Bonchev–Trinajstić information content (AvgIpc) is 2.76. The lowest BCUT2D eigenvalue weighted by Crippen LogP contribution is -2.36. The molecule has 1 atom stereocenters. The molecule has 1 unspecified atom stereocenters. The molecular weight excluding hydrogens is 302 g/mol. The Morgan fingerprint density at radius 1 is 1.24 bits per heavy atom. The largest absolute Gasteiger partial charge is 0.465 e. The first kappa shape index (κ1) is 10.8. The fraction of sp³-hybridized carbons (Fsp3) is 0.0833. The van der Waals surface area contributed by atoms with Crippen molar-refractivity contribution in [2.24, 2.45) is 0 Å². The predicted molar refractivity (Wildman–Crippen MR) is 69.3 cm³/mol. The number of hydrogen-bond acceptors (Lipinski definition) is 3. The fourth-order valence-corrected chi connectivity index (χ4v) is 3.11. The van der Waals surface area contributed by atoms with Gasteiger partial charge in [0.05, 0.1) is 14.2 Å². The van der Waals surface area contributed by atoms with Gasteiger partial charge in [-0.05, 0) is 40.2 Å². The number of thiophene rings is 1. The summed E-state index contributed by atoms with van der Waals surface area (Å²) in [5, 5.41) is 2.83. The van der Waals surface area contributed by atoms with Gasteiger partial charge in [0.2, 0.25) is 6.23 Å². The van der Waals surface area contributed by atoms with Gasteiger partial charge in [-0.15, -0.1) is 11.3 Å². The third-order valence-corrected chi connectivity index (χ3v) is 4.16. The molecule has 1 aromatic carbocycles. The number of amides is 1. The van der Waals surface area contributed by atoms with Crippen molar-refractivity contribution < 1.29 is 9.53 Å². The minimum absolute atomic E-state index is 0.0960. The van der Waals surface area contributed by atoms with Gasteiger partial charge in [0.1, 0.15) is 5.75 Å². The van der Waals surface area contributed by atoms with Crippen LogP contribution >= 0.6 is 27.3 Å². The second-order valence-electron chi connectivity index (χ2n) is 3.61. The first-order valence-electron chi connectivity index (χ1n) is 5.06. The number of carbonyl (C=O) groups is 1. The minimum atomic E-state index is -0.395. The number of benzene rings is 1. The van der Waals surface area contributed by atoms with Crippen LogP contribution in [0, 0.1) is 0 Å². The van der Waals surface area contributed by atoms with E-state index in [2.05, 4.69) is 21.2 Å². The number of nitrogens with one attached hydrogen (secondary N) is 1. The highest BCUT2D eigenvalue weighted by Gasteiger charge is 2.26. The number of halogens is 1. The highest BCUT2D eigenvalue weighted by atomic mass is 79.9. The molecule has 0 fully saturated rings. The molecule has 0 spiro atoms. The first-order chi connectivity index (χ1) is 8.24. The summed E-state index contributed by atoms with van der Waals surface area (Å²) in [6.45, 7) is 0. The van der Waals surface area contributed by atoms with Gasteiger partial charge in [-0.25, -0.2) is 0 Å². The van der Waals surface area contributed by atoms with Crippen LogP contribution in [-0.2, 0) is 0 Å². The summed E-state index contributed by atoms with van der Waals surface area (Å²) in [6, 6.07) is 11.1. The molecule has 1 N–H and O–H groups in total. The fourth-order valence-electron chi connectivity index (χ4n) is 1.71. The van der Waals surface area contributed by atoms with Crippen molar-refractivity contribution in [1.29, 1.82) is 0 Å². The normalized spacial score (nSPS) is 18.2. The predicted octanol–water partition coefficient (Wildman–Crippen LogP) is 3.33. The van der Waals surface area contributed by atoms with E-state index in [0.29, 0.717) is 11.3 Å². The van der Waals surface area contributed by atoms with Gasteiger partial charge in [0.15, 0.2) is 0 Å². The van der Waals surface area contributed by atoms with Crippen LogP contribution in [0.25, 0.3) is 0 Å². The summed E-state index contributed by atoms with van der Waals surface area (Å²) >= 11 is 4.94. The van der Waals surface area contributed by atoms with E-state index >= 15 is 0 Å². The molecular formula is C12H8BrNO2S. The SMILES string of the molecule is O=C1NC(c2ccc(Br)s2)Oc2ccccc21. The Balaban J connectivity index is 1.96. The Kier molecular flexibility index (Phi) is 2.64. The first-order valence-corrected chi connectivity index (χ1v) is 6.67. The van der Waals surface area contributed by atoms with Gasteiger partial charge in [-0.1, -0.05) is 12.1 Å². The molecule has 3 rings (SSSR count). The van der Waals surface area contributed by atoms with Crippen molar-refractivity contribution in [2.75, 3.05) is 0 Å². The summed E-state index contributed by atoms with van der Waals surface area (Å²) in [7, 11) is 0. The zero-order chi connectivity index (χ0) is 11.8. The molecule has 17 heavy (non-hydrogen) atoms. The molecule has 2 heterocycles. The van der Waals surface area contributed by atoms with Gasteiger partial charge in [0.25, 0.3) is 5.91 Å². The topological polar surface area (TPSA) is 38.3 Å². The third kappa shape index (κ3) is 1.96. The molecule has 0 aliphatic carbocycles. The lowest BCUT2D eigenvalue weighted by molar-refractivity contribution is 0.0762. The smallest absolute Gasteiger partial charge is 0.258 e. The van der Waals surface area contributed by atoms with Crippen LogP contribution in [0.2, 0.25) is 0 Å². The molecule has 2 aromatic rings. The molecule has 1 aliphatic heterocycles. The maximum atomic E-state index is 11.9. The Labute approximate surface area is 111 Å². The van der Waals surface area contributed by atoms with Gasteiger partial charge in [-0.2, -0.15) is 0 Å². The number of carbonyl (C=O) groups excluding carboxylic acids is 1. The van der Waals surface area contributed by atoms with Crippen LogP contribution < -0.4 is 10.1 Å². The summed E-state index contributed by atoms with van der Waals surface area (Å²) < 4.78 is 6.78. The van der Waals surface area contributed by atoms with Gasteiger partial charge in [0, 0.05) is 0 Å². The summed E-state index contributed by atoms with van der Waals surface area (Å²) in [6.07, 6.45) is -0.395. The number of fused-ring (bicyclic) bond motifs is 1. The van der Waals surface area contributed by atoms with E-state index in [9.17, 15) is 4.79 Å². The van der Waals surface area contributed by atoms with Crippen molar-refractivity contribution >= 4 is 33.2 Å². The zero-order valence-corrected chi connectivity index (χ0v) is 11.0. The molecule has 86 valence electrons. The Morgan fingerprint density at radius 3 is 2.82 bits per heavy atom. The Morgan fingerprint density at radius 2 is 2.06 bits per heavy atom. The number of para-hydroxylation sites is 1. The van der Waals surface area contributed by atoms with E-state index in [-0.39, 0.29) is 5.91 Å². The zero-order valence-electron chi connectivity index (χ0n) is 8.64. The number of rotatable bonds is 1. The van der Waals surface area contributed by atoms with Crippen LogP contribution in [0.5, 0.6) is 5.75 Å². The van der Waals surface area contributed by atoms with Crippen LogP contribution in [0.3, 0.4) is 0 Å². The van der Waals surface area contributed by atoms with Crippen LogP contribution in [0.1, 0.15) is 21.5 Å². The van der Waals surface area contributed by atoms with Crippen LogP contribution in [-0.4, -0.2) is 5.91 Å². The monoisotopic (exact) mass is 309 g/mol. The lowest BCUT2D eigenvalue weighted by Gasteiger charge is -2.25. The number of hydrogen-bond donors (Lipinski definition) is 1. The second-order valence-corrected chi connectivity index (χ2v) is 6.10. The van der Waals surface area contributed by atoms with Gasteiger partial charge < -0.3 is 10.1 Å². The Bertz CT molecular complexity index is 581. The van der Waals surface area contributed by atoms with E-state index in [1.807, 2.05) is 30.3 Å². The van der Waals surface area contributed by atoms with Gasteiger partial charge in [-0.3, -0.25) is 4.79 Å². The van der Waals surface area contributed by atoms with Crippen LogP contribution in [0.4, 0.5) is 0 Å². The quantitative estimate of drug-likeness (QED) is 0.877. The minimum Gasteiger partial charge on any atom is -0.465 e. The molecule has 3 nitrogen and oxygen atoms in total. The highest BCUT2D eigenvalue weighted by Crippen LogP contribution is 2.33. The van der Waals surface area contributed by atoms with E-state index in [1.54, 1.807) is 17.4 Å². The molecule has 1 aliphatic rings. The molecule has 0 saturated carbocycles. The van der Waals surface area contributed by atoms with Crippen LogP contribution in [0.15, 0.2) is 40.2 Å². The van der Waals surface area contributed by atoms with E-state index < -0.39 is 6.23 Å². The van der Waals surface area contributed by atoms with E-state index in [4.69, 9.17) is 4.74 Å². The Hall–Kier alpha value is -1.33. The van der Waals surface area contributed by atoms with Crippen molar-refractivity contribution in [3.63, 3.8) is 0 Å². The van der Waals surface area contributed by atoms with E-state index in [0.717, 1.165) is 8.66 Å². The standard InChI is InChI=1S/C12H8BrNO2S/c13-10-6-5-9(17-10)12-14-11(15)7-3-1-2-4-8(7)16-12/h1-6,12H,(H,14,15). The third-order valence-electron chi connectivity index (χ3n) is 2.49. The average molecular weight is 310 g/mol. The molecule has 0 radical (unpaired) electrons.